The first-order valence-electron chi connectivity index (χ1n) is 10.8. The molecule has 30 heavy (non-hydrogen) atoms. The molecular formula is C25H32N2O3. The Morgan fingerprint density at radius 3 is 2.30 bits per heavy atom. The molecule has 1 aliphatic heterocycles. The third kappa shape index (κ3) is 6.90. The van der Waals surface area contributed by atoms with Crippen molar-refractivity contribution < 1.29 is 14.3 Å². The van der Waals surface area contributed by atoms with Gasteiger partial charge in [-0.25, -0.2) is 0 Å². The molecule has 1 fully saturated rings. The summed E-state index contributed by atoms with van der Waals surface area (Å²) in [6.07, 6.45) is 2.47. The number of likely N-dealkylation sites (tertiary alicyclic amines) is 1. The maximum Gasteiger partial charge on any atom is 0.224 e. The number of carbonyl (C=O) groups is 2. The first kappa shape index (κ1) is 21.9. The van der Waals surface area contributed by atoms with Crippen LogP contribution in [0.15, 0.2) is 54.6 Å². The van der Waals surface area contributed by atoms with Crippen LogP contribution in [-0.4, -0.2) is 36.4 Å². The van der Waals surface area contributed by atoms with Gasteiger partial charge in [-0.2, -0.15) is 0 Å². The zero-order valence-electron chi connectivity index (χ0n) is 18.0. The standard InChI is InChI=1S/C25H32N2O3/c1-19-16-20(2)18-27(17-19)25(29)13-12-24(28)26-22-8-10-23(11-9-22)30-15-14-21-6-4-3-5-7-21/h3-11,19-20H,12-18H2,1-2H3,(H,26,28)/t19-,20-/m1/s1. The topological polar surface area (TPSA) is 58.6 Å². The highest BCUT2D eigenvalue weighted by Gasteiger charge is 2.25. The number of ether oxygens (including phenoxy) is 1. The van der Waals surface area contributed by atoms with Crippen LogP contribution < -0.4 is 10.1 Å². The summed E-state index contributed by atoms with van der Waals surface area (Å²) in [4.78, 5) is 26.6. The number of amides is 2. The van der Waals surface area contributed by atoms with Gasteiger partial charge in [0.1, 0.15) is 5.75 Å². The van der Waals surface area contributed by atoms with E-state index in [0.29, 0.717) is 24.1 Å². The van der Waals surface area contributed by atoms with E-state index in [0.717, 1.165) is 31.7 Å². The molecule has 0 saturated carbocycles. The van der Waals surface area contributed by atoms with Crippen LogP contribution in [0, 0.1) is 11.8 Å². The van der Waals surface area contributed by atoms with Gasteiger partial charge in [0.2, 0.25) is 11.8 Å². The smallest absolute Gasteiger partial charge is 0.224 e. The van der Waals surface area contributed by atoms with E-state index < -0.39 is 0 Å². The molecule has 0 aromatic heterocycles. The lowest BCUT2D eigenvalue weighted by atomic mass is 9.91. The van der Waals surface area contributed by atoms with Crippen LogP contribution in [0.4, 0.5) is 5.69 Å². The number of carbonyl (C=O) groups excluding carboxylic acids is 2. The van der Waals surface area contributed by atoms with Crippen LogP contribution in [0.2, 0.25) is 0 Å². The van der Waals surface area contributed by atoms with Gasteiger partial charge < -0.3 is 15.0 Å². The van der Waals surface area contributed by atoms with Crippen LogP contribution >= 0.6 is 0 Å². The first-order chi connectivity index (χ1) is 14.5. The molecule has 0 unspecified atom stereocenters. The Morgan fingerprint density at radius 1 is 0.967 bits per heavy atom. The highest BCUT2D eigenvalue weighted by Crippen LogP contribution is 2.22. The lowest BCUT2D eigenvalue weighted by Gasteiger charge is -2.35. The molecule has 5 nitrogen and oxygen atoms in total. The van der Waals surface area contributed by atoms with Crippen molar-refractivity contribution in [2.24, 2.45) is 11.8 Å². The highest BCUT2D eigenvalue weighted by atomic mass is 16.5. The molecule has 0 aliphatic carbocycles. The normalized spacial score (nSPS) is 18.7. The predicted octanol–water partition coefficient (Wildman–Crippen LogP) is 4.53. The minimum Gasteiger partial charge on any atom is -0.493 e. The minimum absolute atomic E-state index is 0.0747. The third-order valence-electron chi connectivity index (χ3n) is 5.43. The summed E-state index contributed by atoms with van der Waals surface area (Å²) in [5, 5.41) is 2.86. The molecule has 160 valence electrons. The molecule has 1 heterocycles. The summed E-state index contributed by atoms with van der Waals surface area (Å²) >= 11 is 0. The summed E-state index contributed by atoms with van der Waals surface area (Å²) in [5.74, 6) is 1.76. The van der Waals surface area contributed by atoms with Crippen molar-refractivity contribution in [3.63, 3.8) is 0 Å². The van der Waals surface area contributed by atoms with Crippen LogP contribution in [0.5, 0.6) is 5.75 Å². The van der Waals surface area contributed by atoms with Crippen LogP contribution in [0.25, 0.3) is 0 Å². The maximum atomic E-state index is 12.4. The van der Waals surface area contributed by atoms with Gasteiger partial charge in [0.05, 0.1) is 6.61 Å². The van der Waals surface area contributed by atoms with Crippen molar-refractivity contribution in [1.29, 1.82) is 0 Å². The fourth-order valence-electron chi connectivity index (χ4n) is 4.03. The lowest BCUT2D eigenvalue weighted by molar-refractivity contribution is -0.135. The van der Waals surface area contributed by atoms with Gasteiger partial charge in [0, 0.05) is 38.0 Å². The Hall–Kier alpha value is -2.82. The quantitative estimate of drug-likeness (QED) is 0.698. The van der Waals surface area contributed by atoms with Gasteiger partial charge in [-0.15, -0.1) is 0 Å². The van der Waals surface area contributed by atoms with Gasteiger partial charge >= 0.3 is 0 Å². The van der Waals surface area contributed by atoms with Crippen molar-refractivity contribution in [2.75, 3.05) is 25.0 Å². The van der Waals surface area contributed by atoms with Crippen molar-refractivity contribution in [1.82, 2.24) is 4.90 Å². The van der Waals surface area contributed by atoms with E-state index >= 15 is 0 Å². The molecule has 2 atom stereocenters. The Morgan fingerprint density at radius 2 is 1.63 bits per heavy atom. The highest BCUT2D eigenvalue weighted by molar-refractivity contribution is 5.93. The van der Waals surface area contributed by atoms with Gasteiger partial charge in [0.15, 0.2) is 0 Å². The van der Waals surface area contributed by atoms with Gasteiger partial charge in [-0.05, 0) is 48.1 Å². The summed E-state index contributed by atoms with van der Waals surface area (Å²) in [6, 6.07) is 17.6. The molecule has 5 heteroatoms. The summed E-state index contributed by atoms with van der Waals surface area (Å²) in [5.41, 5.74) is 1.95. The van der Waals surface area contributed by atoms with E-state index in [1.54, 1.807) is 0 Å². The first-order valence-corrected chi connectivity index (χ1v) is 10.8. The van der Waals surface area contributed by atoms with Crippen molar-refractivity contribution in [3.8, 4) is 5.75 Å². The Balaban J connectivity index is 1.38. The van der Waals surface area contributed by atoms with Crippen LogP contribution in [0.1, 0.15) is 38.7 Å². The second-order valence-electron chi connectivity index (χ2n) is 8.40. The molecular weight excluding hydrogens is 376 g/mol. The van der Waals surface area contributed by atoms with E-state index in [1.807, 2.05) is 47.4 Å². The molecule has 2 aromatic carbocycles. The van der Waals surface area contributed by atoms with E-state index in [1.165, 1.54) is 5.56 Å². The van der Waals surface area contributed by atoms with E-state index in [4.69, 9.17) is 4.74 Å². The van der Waals surface area contributed by atoms with E-state index in [2.05, 4.69) is 31.3 Å². The van der Waals surface area contributed by atoms with Crippen molar-refractivity contribution in [2.45, 2.75) is 39.5 Å². The van der Waals surface area contributed by atoms with Crippen LogP contribution in [-0.2, 0) is 16.0 Å². The molecule has 0 radical (unpaired) electrons. The molecule has 2 amide bonds. The number of hydrogen-bond acceptors (Lipinski definition) is 3. The largest absolute Gasteiger partial charge is 0.493 e. The number of anilines is 1. The number of hydrogen-bond donors (Lipinski definition) is 1. The second kappa shape index (κ2) is 10.8. The molecule has 3 rings (SSSR count). The average Bonchev–Trinajstić information content (AvgIpc) is 2.73. The zero-order valence-corrected chi connectivity index (χ0v) is 18.0. The summed E-state index contributed by atoms with van der Waals surface area (Å²) in [6.45, 7) is 6.56. The van der Waals surface area contributed by atoms with Crippen molar-refractivity contribution in [3.05, 3.63) is 60.2 Å². The monoisotopic (exact) mass is 408 g/mol. The van der Waals surface area contributed by atoms with Gasteiger partial charge in [-0.3, -0.25) is 9.59 Å². The van der Waals surface area contributed by atoms with E-state index in [-0.39, 0.29) is 24.7 Å². The Labute approximate surface area is 179 Å². The second-order valence-corrected chi connectivity index (χ2v) is 8.40. The zero-order chi connectivity index (χ0) is 21.3. The summed E-state index contributed by atoms with van der Waals surface area (Å²) < 4.78 is 5.77. The van der Waals surface area contributed by atoms with Gasteiger partial charge in [0.25, 0.3) is 0 Å². The van der Waals surface area contributed by atoms with Crippen molar-refractivity contribution >= 4 is 17.5 Å². The van der Waals surface area contributed by atoms with Crippen LogP contribution in [0.3, 0.4) is 0 Å². The number of rotatable bonds is 8. The maximum absolute atomic E-state index is 12.4. The molecule has 1 saturated heterocycles. The summed E-state index contributed by atoms with van der Waals surface area (Å²) in [7, 11) is 0. The number of nitrogens with zero attached hydrogens (tertiary/aromatic N) is 1. The minimum atomic E-state index is -0.140. The Kier molecular flexibility index (Phi) is 7.89. The molecule has 1 aliphatic rings. The van der Waals surface area contributed by atoms with Gasteiger partial charge in [-0.1, -0.05) is 44.2 Å². The Bertz CT molecular complexity index is 810. The molecule has 1 N–H and O–H groups in total. The molecule has 0 spiro atoms. The number of nitrogens with one attached hydrogen (secondary N) is 1. The van der Waals surface area contributed by atoms with E-state index in [9.17, 15) is 9.59 Å². The fraction of sp³-hybridized carbons (Fsp3) is 0.440. The molecule has 0 bridgehead atoms. The molecule has 2 aromatic rings. The fourth-order valence-corrected chi connectivity index (χ4v) is 4.03. The lowest BCUT2D eigenvalue weighted by Crippen LogP contribution is -2.42. The number of piperidine rings is 1. The third-order valence-corrected chi connectivity index (χ3v) is 5.43. The number of benzene rings is 2. The predicted molar refractivity (Wildman–Crippen MR) is 119 cm³/mol. The SMILES string of the molecule is C[C@@H]1C[C@@H](C)CN(C(=O)CCC(=O)Nc2ccc(OCCc3ccccc3)cc2)C1. The average molecular weight is 409 g/mol.